The highest BCUT2D eigenvalue weighted by Gasteiger charge is 2.39. The molecule has 6 nitrogen and oxygen atoms in total. The van der Waals surface area contributed by atoms with Crippen LogP contribution >= 0.6 is 11.3 Å². The van der Waals surface area contributed by atoms with Gasteiger partial charge in [0.05, 0.1) is 5.92 Å². The van der Waals surface area contributed by atoms with Gasteiger partial charge in [0.25, 0.3) is 0 Å². The number of hydrogen-bond donors (Lipinski definition) is 1. The van der Waals surface area contributed by atoms with Gasteiger partial charge < -0.3 is 10.2 Å². The Bertz CT molecular complexity index is 583. The summed E-state index contributed by atoms with van der Waals surface area (Å²) in [5.74, 6) is -0.453. The summed E-state index contributed by atoms with van der Waals surface area (Å²) in [5, 5.41) is 12.3. The average molecular weight is 324 g/mol. The molecule has 1 aliphatic heterocycles. The van der Waals surface area contributed by atoms with Crippen molar-refractivity contribution in [3.8, 4) is 0 Å². The highest BCUT2D eigenvalue weighted by atomic mass is 32.1. The van der Waals surface area contributed by atoms with E-state index >= 15 is 0 Å². The molecule has 1 aromatic heterocycles. The molecule has 2 heterocycles. The molecular formula is C15H24N4O2S. The molecule has 0 saturated carbocycles. The van der Waals surface area contributed by atoms with Crippen molar-refractivity contribution in [3.63, 3.8) is 0 Å². The number of carbonyl (C=O) groups excluding carboxylic acids is 2. The van der Waals surface area contributed by atoms with Crippen molar-refractivity contribution < 1.29 is 9.59 Å². The highest BCUT2D eigenvalue weighted by Crippen LogP contribution is 2.30. The lowest BCUT2D eigenvalue weighted by atomic mass is 9.98. The molecule has 122 valence electrons. The van der Waals surface area contributed by atoms with Gasteiger partial charge in [-0.25, -0.2) is 0 Å². The minimum absolute atomic E-state index is 0.0281. The molecule has 0 unspecified atom stereocenters. The maximum absolute atomic E-state index is 12.3. The van der Waals surface area contributed by atoms with E-state index in [4.69, 9.17) is 0 Å². The van der Waals surface area contributed by atoms with Gasteiger partial charge in [-0.15, -0.1) is 10.2 Å². The van der Waals surface area contributed by atoms with Crippen LogP contribution in [0.15, 0.2) is 0 Å². The van der Waals surface area contributed by atoms with E-state index in [1.807, 2.05) is 20.8 Å². The molecule has 1 saturated heterocycles. The number of likely N-dealkylation sites (tertiary alicyclic amines) is 1. The molecule has 0 radical (unpaired) electrons. The number of hydrogen-bond acceptors (Lipinski definition) is 5. The molecule has 7 heteroatoms. The maximum Gasteiger partial charge on any atom is 0.231 e. The van der Waals surface area contributed by atoms with E-state index < -0.39 is 0 Å². The van der Waals surface area contributed by atoms with Crippen molar-refractivity contribution in [1.82, 2.24) is 15.1 Å². The lowest BCUT2D eigenvalue weighted by Crippen LogP contribution is -2.42. The van der Waals surface area contributed by atoms with Crippen molar-refractivity contribution in [3.05, 3.63) is 5.01 Å². The third-order valence-electron chi connectivity index (χ3n) is 3.60. The van der Waals surface area contributed by atoms with E-state index in [1.165, 1.54) is 11.3 Å². The van der Waals surface area contributed by atoms with Crippen LogP contribution in [0.2, 0.25) is 0 Å². The summed E-state index contributed by atoms with van der Waals surface area (Å²) < 4.78 is 0. The number of carbonyl (C=O) groups is 2. The molecule has 0 aromatic carbocycles. The van der Waals surface area contributed by atoms with E-state index in [1.54, 1.807) is 4.90 Å². The molecule has 1 aliphatic rings. The van der Waals surface area contributed by atoms with Crippen molar-refractivity contribution in [1.29, 1.82) is 0 Å². The first-order chi connectivity index (χ1) is 9.98. The van der Waals surface area contributed by atoms with Crippen LogP contribution in [-0.2, 0) is 15.0 Å². The minimum Gasteiger partial charge on any atom is -0.337 e. The second-order valence-electron chi connectivity index (χ2n) is 7.73. The predicted octanol–water partition coefficient (Wildman–Crippen LogP) is 2.42. The van der Waals surface area contributed by atoms with Crippen molar-refractivity contribution >= 4 is 28.3 Å². The standard InChI is InChI=1S/C15H24N4O2S/c1-14(2,3)12-17-18-13(22-12)16-11(21)9-7-10(20)19(8-9)15(4,5)6/h9H,7-8H2,1-6H3,(H,16,18,21)/t9-/m0/s1. The van der Waals surface area contributed by atoms with Gasteiger partial charge in [0, 0.05) is 23.9 Å². The summed E-state index contributed by atoms with van der Waals surface area (Å²) in [6.07, 6.45) is 0.258. The Labute approximate surface area is 135 Å². The molecule has 2 amide bonds. The normalized spacial score (nSPS) is 19.6. The first-order valence-corrected chi connectivity index (χ1v) is 8.25. The summed E-state index contributed by atoms with van der Waals surface area (Å²) >= 11 is 1.38. The molecule has 1 atom stereocenters. The van der Waals surface area contributed by atoms with Gasteiger partial charge in [0.2, 0.25) is 16.9 Å². The van der Waals surface area contributed by atoms with Crippen LogP contribution in [0.4, 0.5) is 5.13 Å². The van der Waals surface area contributed by atoms with Gasteiger partial charge in [0.15, 0.2) is 0 Å². The molecule has 1 aromatic rings. The monoisotopic (exact) mass is 324 g/mol. The predicted molar refractivity (Wildman–Crippen MR) is 86.8 cm³/mol. The molecule has 0 spiro atoms. The fourth-order valence-corrected chi connectivity index (χ4v) is 3.12. The van der Waals surface area contributed by atoms with Crippen LogP contribution in [0.5, 0.6) is 0 Å². The first kappa shape index (κ1) is 16.9. The van der Waals surface area contributed by atoms with Gasteiger partial charge in [0.1, 0.15) is 5.01 Å². The van der Waals surface area contributed by atoms with Gasteiger partial charge in [-0.3, -0.25) is 9.59 Å². The highest BCUT2D eigenvalue weighted by molar-refractivity contribution is 7.15. The van der Waals surface area contributed by atoms with E-state index in [9.17, 15) is 9.59 Å². The lowest BCUT2D eigenvalue weighted by molar-refractivity contribution is -0.131. The van der Waals surface area contributed by atoms with Gasteiger partial charge in [-0.2, -0.15) is 0 Å². The Morgan fingerprint density at radius 2 is 1.86 bits per heavy atom. The van der Waals surface area contributed by atoms with E-state index in [2.05, 4.69) is 36.3 Å². The van der Waals surface area contributed by atoms with Gasteiger partial charge >= 0.3 is 0 Å². The number of aromatic nitrogens is 2. The van der Waals surface area contributed by atoms with E-state index in [-0.39, 0.29) is 35.1 Å². The molecule has 0 aliphatic carbocycles. The summed E-state index contributed by atoms with van der Waals surface area (Å²) in [5.41, 5.74) is -0.346. The average Bonchev–Trinajstić information content (AvgIpc) is 2.93. The zero-order chi connectivity index (χ0) is 16.7. The Morgan fingerprint density at radius 3 is 2.32 bits per heavy atom. The first-order valence-electron chi connectivity index (χ1n) is 7.44. The quantitative estimate of drug-likeness (QED) is 0.906. The zero-order valence-corrected chi connectivity index (χ0v) is 14.9. The molecule has 1 fully saturated rings. The van der Waals surface area contributed by atoms with Crippen LogP contribution in [0.1, 0.15) is 53.0 Å². The fraction of sp³-hybridized carbons (Fsp3) is 0.733. The summed E-state index contributed by atoms with van der Waals surface area (Å²) in [6, 6.07) is 0. The summed E-state index contributed by atoms with van der Waals surface area (Å²) in [6.45, 7) is 12.5. The number of nitrogens with one attached hydrogen (secondary N) is 1. The smallest absolute Gasteiger partial charge is 0.231 e. The number of amides is 2. The maximum atomic E-state index is 12.3. The number of rotatable bonds is 2. The summed E-state index contributed by atoms with van der Waals surface area (Å²) in [4.78, 5) is 26.1. The van der Waals surface area contributed by atoms with Crippen LogP contribution in [0.3, 0.4) is 0 Å². The van der Waals surface area contributed by atoms with Gasteiger partial charge in [-0.1, -0.05) is 32.1 Å². The third-order valence-corrected chi connectivity index (χ3v) is 4.87. The van der Waals surface area contributed by atoms with Gasteiger partial charge in [-0.05, 0) is 20.8 Å². The summed E-state index contributed by atoms with van der Waals surface area (Å²) in [7, 11) is 0. The van der Waals surface area contributed by atoms with Crippen LogP contribution < -0.4 is 5.32 Å². The fourth-order valence-electron chi connectivity index (χ4n) is 2.32. The largest absolute Gasteiger partial charge is 0.337 e. The Balaban J connectivity index is 2.02. The second kappa shape index (κ2) is 5.61. The van der Waals surface area contributed by atoms with Crippen molar-refractivity contribution in [2.24, 2.45) is 5.92 Å². The van der Waals surface area contributed by atoms with E-state index in [0.29, 0.717) is 11.7 Å². The van der Waals surface area contributed by atoms with E-state index in [0.717, 1.165) is 5.01 Å². The Morgan fingerprint density at radius 1 is 1.23 bits per heavy atom. The molecular weight excluding hydrogens is 300 g/mol. The molecule has 0 bridgehead atoms. The topological polar surface area (TPSA) is 75.2 Å². The SMILES string of the molecule is CC(C)(C)c1nnc(NC(=O)[C@H]2CC(=O)N(C(C)(C)C)C2)s1. The number of anilines is 1. The Hall–Kier alpha value is -1.50. The zero-order valence-electron chi connectivity index (χ0n) is 14.1. The number of nitrogens with zero attached hydrogens (tertiary/aromatic N) is 3. The van der Waals surface area contributed by atoms with Crippen molar-refractivity contribution in [2.45, 2.75) is 58.9 Å². The lowest BCUT2D eigenvalue weighted by Gasteiger charge is -2.31. The van der Waals surface area contributed by atoms with Crippen LogP contribution in [0, 0.1) is 5.92 Å². The van der Waals surface area contributed by atoms with Crippen LogP contribution in [0.25, 0.3) is 0 Å². The molecule has 22 heavy (non-hydrogen) atoms. The second-order valence-corrected chi connectivity index (χ2v) is 8.71. The molecule has 1 N–H and O–H groups in total. The minimum atomic E-state index is -0.325. The van der Waals surface area contributed by atoms with Crippen molar-refractivity contribution in [2.75, 3.05) is 11.9 Å². The molecule has 2 rings (SSSR count). The Kier molecular flexibility index (Phi) is 4.30. The third kappa shape index (κ3) is 3.63. The van der Waals surface area contributed by atoms with Crippen LogP contribution in [-0.4, -0.2) is 39.0 Å².